The second-order valence-electron chi connectivity index (χ2n) is 7.97. The van der Waals surface area contributed by atoms with Crippen molar-refractivity contribution in [3.63, 3.8) is 0 Å². The van der Waals surface area contributed by atoms with Gasteiger partial charge in [-0.1, -0.05) is 42.5 Å². The molecule has 4 rings (SSSR count). The molecule has 0 aromatic heterocycles. The molecule has 1 amide bonds. The standard InChI is InChI=1S/C24H28N4O4/c29-24(21-8-9-22(23(19-21)28(30)31)26-15-17-32-18-16-26)27-13-11-25(12-14-27)10-4-7-20-5-2-1-3-6-20/h1-9,19H,10-18H2. The summed E-state index contributed by atoms with van der Waals surface area (Å²) in [5.41, 5.74) is 2.06. The first-order valence-electron chi connectivity index (χ1n) is 11.0. The van der Waals surface area contributed by atoms with Crippen LogP contribution in [0.25, 0.3) is 6.08 Å². The molecule has 0 N–H and O–H groups in total. The van der Waals surface area contributed by atoms with E-state index in [1.807, 2.05) is 23.1 Å². The van der Waals surface area contributed by atoms with Crippen LogP contribution in [0.4, 0.5) is 11.4 Å². The van der Waals surface area contributed by atoms with Crippen molar-refractivity contribution in [2.24, 2.45) is 0 Å². The van der Waals surface area contributed by atoms with Crippen LogP contribution in [-0.4, -0.2) is 79.7 Å². The van der Waals surface area contributed by atoms with E-state index in [2.05, 4.69) is 29.2 Å². The lowest BCUT2D eigenvalue weighted by Crippen LogP contribution is -2.48. The predicted molar refractivity (Wildman–Crippen MR) is 124 cm³/mol. The molecule has 0 spiro atoms. The van der Waals surface area contributed by atoms with Crippen LogP contribution < -0.4 is 4.90 Å². The fraction of sp³-hybridized carbons (Fsp3) is 0.375. The zero-order valence-electron chi connectivity index (χ0n) is 18.1. The van der Waals surface area contributed by atoms with Crippen molar-refractivity contribution in [1.82, 2.24) is 9.80 Å². The summed E-state index contributed by atoms with van der Waals surface area (Å²) in [5.74, 6) is -0.152. The molecule has 32 heavy (non-hydrogen) atoms. The van der Waals surface area contributed by atoms with Crippen LogP contribution >= 0.6 is 0 Å². The van der Waals surface area contributed by atoms with Gasteiger partial charge in [0, 0.05) is 57.4 Å². The molecule has 2 saturated heterocycles. The Hall–Kier alpha value is -3.23. The highest BCUT2D eigenvalue weighted by Gasteiger charge is 2.26. The fourth-order valence-corrected chi connectivity index (χ4v) is 4.09. The number of benzene rings is 2. The summed E-state index contributed by atoms with van der Waals surface area (Å²) < 4.78 is 5.34. The van der Waals surface area contributed by atoms with Gasteiger partial charge in [-0.05, 0) is 17.7 Å². The molecular formula is C24H28N4O4. The molecule has 0 atom stereocenters. The molecular weight excluding hydrogens is 408 g/mol. The van der Waals surface area contributed by atoms with Gasteiger partial charge < -0.3 is 14.5 Å². The Balaban J connectivity index is 1.36. The Morgan fingerprint density at radius 3 is 2.41 bits per heavy atom. The van der Waals surface area contributed by atoms with E-state index in [0.717, 1.165) is 19.6 Å². The first kappa shape index (κ1) is 22.0. The Morgan fingerprint density at radius 1 is 1.00 bits per heavy atom. The number of nitro groups is 1. The molecule has 0 bridgehead atoms. The lowest BCUT2D eigenvalue weighted by atomic mass is 10.1. The molecule has 2 aliphatic rings. The number of nitrogens with zero attached hydrogens (tertiary/aromatic N) is 4. The number of anilines is 1. The summed E-state index contributed by atoms with van der Waals surface area (Å²) in [6.07, 6.45) is 4.24. The van der Waals surface area contributed by atoms with Crippen LogP contribution in [0.1, 0.15) is 15.9 Å². The average Bonchev–Trinajstić information content (AvgIpc) is 2.85. The number of hydrogen-bond acceptors (Lipinski definition) is 6. The van der Waals surface area contributed by atoms with Crippen LogP contribution in [0.2, 0.25) is 0 Å². The highest BCUT2D eigenvalue weighted by molar-refractivity contribution is 5.96. The lowest BCUT2D eigenvalue weighted by Gasteiger charge is -2.34. The van der Waals surface area contributed by atoms with Gasteiger partial charge in [0.05, 0.1) is 18.1 Å². The van der Waals surface area contributed by atoms with Crippen molar-refractivity contribution in [1.29, 1.82) is 0 Å². The van der Waals surface area contributed by atoms with Crippen molar-refractivity contribution in [2.75, 3.05) is 63.9 Å². The van der Waals surface area contributed by atoms with Crippen molar-refractivity contribution >= 4 is 23.4 Å². The number of carbonyl (C=O) groups is 1. The second-order valence-corrected chi connectivity index (χ2v) is 7.97. The van der Waals surface area contributed by atoms with Crippen LogP contribution in [0.5, 0.6) is 0 Å². The van der Waals surface area contributed by atoms with Crippen molar-refractivity contribution in [2.45, 2.75) is 0 Å². The maximum atomic E-state index is 13.0. The summed E-state index contributed by atoms with van der Waals surface area (Å²) in [6.45, 7) is 5.90. The van der Waals surface area contributed by atoms with Gasteiger partial charge >= 0.3 is 0 Å². The second kappa shape index (κ2) is 10.4. The van der Waals surface area contributed by atoms with Crippen molar-refractivity contribution in [3.8, 4) is 0 Å². The Kier molecular flexibility index (Phi) is 7.14. The van der Waals surface area contributed by atoms with E-state index in [1.54, 1.807) is 17.0 Å². The van der Waals surface area contributed by atoms with Gasteiger partial charge in [0.15, 0.2) is 0 Å². The summed E-state index contributed by atoms with van der Waals surface area (Å²) in [4.78, 5) is 30.3. The highest BCUT2D eigenvalue weighted by atomic mass is 16.6. The molecule has 8 nitrogen and oxygen atoms in total. The van der Waals surface area contributed by atoms with Gasteiger partial charge in [0.1, 0.15) is 5.69 Å². The van der Waals surface area contributed by atoms with Gasteiger partial charge in [-0.25, -0.2) is 0 Å². The fourth-order valence-electron chi connectivity index (χ4n) is 4.09. The molecule has 0 radical (unpaired) electrons. The topological polar surface area (TPSA) is 79.2 Å². The summed E-state index contributed by atoms with van der Waals surface area (Å²) in [7, 11) is 0. The Labute approximate surface area is 187 Å². The van der Waals surface area contributed by atoms with E-state index < -0.39 is 4.92 Å². The third-order valence-electron chi connectivity index (χ3n) is 5.90. The molecule has 0 aliphatic carbocycles. The Morgan fingerprint density at radius 2 is 1.72 bits per heavy atom. The molecule has 0 unspecified atom stereocenters. The number of piperazine rings is 1. The van der Waals surface area contributed by atoms with Crippen molar-refractivity contribution < 1.29 is 14.5 Å². The van der Waals surface area contributed by atoms with Crippen LogP contribution in [0.15, 0.2) is 54.6 Å². The SMILES string of the molecule is O=C(c1ccc(N2CCOCC2)c([N+](=O)[O-])c1)N1CCN(CC=Cc2ccccc2)CC1. The molecule has 8 heteroatoms. The van der Waals surface area contributed by atoms with Gasteiger partial charge in [0.25, 0.3) is 11.6 Å². The predicted octanol–water partition coefficient (Wildman–Crippen LogP) is 2.90. The number of rotatable bonds is 6. The lowest BCUT2D eigenvalue weighted by molar-refractivity contribution is -0.384. The zero-order valence-corrected chi connectivity index (χ0v) is 18.1. The van der Waals surface area contributed by atoms with Gasteiger partial charge in [-0.2, -0.15) is 0 Å². The number of hydrogen-bond donors (Lipinski definition) is 0. The summed E-state index contributed by atoms with van der Waals surface area (Å²) >= 11 is 0. The van der Waals surface area contributed by atoms with Crippen LogP contribution in [0, 0.1) is 10.1 Å². The normalized spacial score (nSPS) is 17.6. The Bertz CT molecular complexity index is 965. The van der Waals surface area contributed by atoms with Crippen LogP contribution in [0.3, 0.4) is 0 Å². The number of nitro benzene ring substituents is 1. The zero-order chi connectivity index (χ0) is 22.3. The quantitative estimate of drug-likeness (QED) is 0.512. The maximum absolute atomic E-state index is 13.0. The monoisotopic (exact) mass is 436 g/mol. The van der Waals surface area contributed by atoms with E-state index in [4.69, 9.17) is 4.74 Å². The highest BCUT2D eigenvalue weighted by Crippen LogP contribution is 2.30. The minimum absolute atomic E-state index is 0.0255. The third-order valence-corrected chi connectivity index (χ3v) is 5.90. The molecule has 2 aromatic rings. The number of morpholine rings is 1. The van der Waals surface area contributed by atoms with Crippen LogP contribution in [-0.2, 0) is 4.74 Å². The van der Waals surface area contributed by atoms with Crippen molar-refractivity contribution in [3.05, 3.63) is 75.8 Å². The van der Waals surface area contributed by atoms with Gasteiger partial charge in [-0.3, -0.25) is 19.8 Å². The number of amides is 1. The largest absolute Gasteiger partial charge is 0.378 e. The minimum Gasteiger partial charge on any atom is -0.378 e. The minimum atomic E-state index is -0.404. The van der Waals surface area contributed by atoms with E-state index in [1.165, 1.54) is 11.6 Å². The van der Waals surface area contributed by atoms with E-state index in [-0.39, 0.29) is 11.6 Å². The maximum Gasteiger partial charge on any atom is 0.293 e. The third kappa shape index (κ3) is 5.33. The number of ether oxygens (including phenoxy) is 1. The smallest absolute Gasteiger partial charge is 0.293 e. The average molecular weight is 437 g/mol. The molecule has 2 aromatic carbocycles. The summed E-state index contributed by atoms with van der Waals surface area (Å²) in [6, 6.07) is 15.0. The van der Waals surface area contributed by atoms with Gasteiger partial charge in [0.2, 0.25) is 0 Å². The number of carbonyl (C=O) groups excluding carboxylic acids is 1. The first-order valence-corrected chi connectivity index (χ1v) is 11.0. The first-order chi connectivity index (χ1) is 15.6. The van der Waals surface area contributed by atoms with E-state index in [0.29, 0.717) is 50.6 Å². The molecule has 2 aliphatic heterocycles. The summed E-state index contributed by atoms with van der Waals surface area (Å²) in [5, 5.41) is 11.7. The molecule has 2 heterocycles. The molecule has 0 saturated carbocycles. The van der Waals surface area contributed by atoms with Gasteiger partial charge in [-0.15, -0.1) is 0 Å². The molecule has 2 fully saturated rings. The van der Waals surface area contributed by atoms with E-state index in [9.17, 15) is 14.9 Å². The van der Waals surface area contributed by atoms with E-state index >= 15 is 0 Å². The molecule has 168 valence electrons.